The van der Waals surface area contributed by atoms with Gasteiger partial charge in [0.25, 0.3) is 0 Å². The highest BCUT2D eigenvalue weighted by Crippen LogP contribution is 2.15. The minimum absolute atomic E-state index is 0.0219. The Bertz CT molecular complexity index is 647. The summed E-state index contributed by atoms with van der Waals surface area (Å²) in [4.78, 5) is 18.6. The van der Waals surface area contributed by atoms with Crippen molar-refractivity contribution in [3.05, 3.63) is 53.6 Å². The highest BCUT2D eigenvalue weighted by molar-refractivity contribution is 5.88. The van der Waals surface area contributed by atoms with Gasteiger partial charge in [-0.3, -0.25) is 0 Å². The van der Waals surface area contributed by atoms with Crippen molar-refractivity contribution < 1.29 is 14.6 Å². The van der Waals surface area contributed by atoms with E-state index in [0.717, 1.165) is 5.56 Å². The number of hydrogen-bond acceptors (Lipinski definition) is 5. The first-order valence-corrected chi connectivity index (χ1v) is 5.81. The number of benzene rings is 1. The van der Waals surface area contributed by atoms with Crippen molar-refractivity contribution in [2.24, 2.45) is 0 Å². The molecule has 100 valence electrons. The standard InChI is InChI=1S/C14H11N3O3/c15-6-5-10-1-3-11(4-2-10)20-8-13-12(14(18)19)7-16-9-17-13/h1-4,7,9H,5,8H2,(H,18,19). The first kappa shape index (κ1) is 13.5. The van der Waals surface area contributed by atoms with Gasteiger partial charge in [0, 0.05) is 6.20 Å². The average molecular weight is 269 g/mol. The van der Waals surface area contributed by atoms with Gasteiger partial charge in [-0.25, -0.2) is 14.8 Å². The molecule has 0 bridgehead atoms. The predicted molar refractivity (Wildman–Crippen MR) is 69.1 cm³/mol. The molecule has 1 N–H and O–H groups in total. The second-order valence-electron chi connectivity index (χ2n) is 3.96. The van der Waals surface area contributed by atoms with Crippen molar-refractivity contribution in [3.63, 3.8) is 0 Å². The first-order valence-electron chi connectivity index (χ1n) is 5.81. The number of hydrogen-bond donors (Lipinski definition) is 1. The summed E-state index contributed by atoms with van der Waals surface area (Å²) < 4.78 is 5.48. The Morgan fingerprint density at radius 2 is 2.10 bits per heavy atom. The maximum Gasteiger partial charge on any atom is 0.339 e. The quantitative estimate of drug-likeness (QED) is 0.889. The Kier molecular flexibility index (Phi) is 4.24. The number of nitriles is 1. The van der Waals surface area contributed by atoms with E-state index >= 15 is 0 Å². The number of ether oxygens (including phenoxy) is 1. The Morgan fingerprint density at radius 1 is 1.35 bits per heavy atom. The van der Waals surface area contributed by atoms with E-state index in [-0.39, 0.29) is 12.2 Å². The lowest BCUT2D eigenvalue weighted by Gasteiger charge is -2.07. The third-order valence-corrected chi connectivity index (χ3v) is 2.61. The lowest BCUT2D eigenvalue weighted by atomic mass is 10.2. The molecular weight excluding hydrogens is 258 g/mol. The van der Waals surface area contributed by atoms with Crippen LogP contribution < -0.4 is 4.74 Å². The van der Waals surface area contributed by atoms with Gasteiger partial charge in [0.15, 0.2) is 0 Å². The van der Waals surface area contributed by atoms with Crippen molar-refractivity contribution >= 4 is 5.97 Å². The van der Waals surface area contributed by atoms with Gasteiger partial charge in [-0.15, -0.1) is 0 Å². The van der Waals surface area contributed by atoms with E-state index in [1.807, 2.05) is 0 Å². The molecule has 2 aromatic rings. The zero-order valence-electron chi connectivity index (χ0n) is 10.5. The second-order valence-corrected chi connectivity index (χ2v) is 3.96. The summed E-state index contributed by atoms with van der Waals surface area (Å²) in [6.07, 6.45) is 2.86. The minimum atomic E-state index is -1.09. The van der Waals surface area contributed by atoms with Gasteiger partial charge in [0.05, 0.1) is 18.2 Å². The number of rotatable bonds is 5. The molecule has 0 saturated carbocycles. The van der Waals surface area contributed by atoms with Crippen LogP contribution in [0, 0.1) is 11.3 Å². The molecule has 1 heterocycles. The normalized spacial score (nSPS) is 9.75. The van der Waals surface area contributed by atoms with Crippen LogP contribution >= 0.6 is 0 Å². The van der Waals surface area contributed by atoms with Crippen molar-refractivity contribution in [3.8, 4) is 11.8 Å². The molecule has 0 fully saturated rings. The number of aromatic nitrogens is 2. The number of carbonyl (C=O) groups is 1. The van der Waals surface area contributed by atoms with Gasteiger partial charge in [-0.1, -0.05) is 12.1 Å². The van der Waals surface area contributed by atoms with Crippen LogP contribution in [-0.2, 0) is 13.0 Å². The monoisotopic (exact) mass is 269 g/mol. The Morgan fingerprint density at radius 3 is 2.75 bits per heavy atom. The van der Waals surface area contributed by atoms with Crippen LogP contribution in [0.25, 0.3) is 0 Å². The summed E-state index contributed by atoms with van der Waals surface area (Å²) in [5, 5.41) is 17.6. The van der Waals surface area contributed by atoms with Crippen molar-refractivity contribution in [2.75, 3.05) is 0 Å². The zero-order valence-corrected chi connectivity index (χ0v) is 10.5. The van der Waals surface area contributed by atoms with Crippen LogP contribution in [0.2, 0.25) is 0 Å². The summed E-state index contributed by atoms with van der Waals surface area (Å²) in [6.45, 7) is 0.0434. The molecule has 0 radical (unpaired) electrons. The van der Waals surface area contributed by atoms with E-state index in [9.17, 15) is 4.79 Å². The molecule has 0 atom stereocenters. The number of carboxylic acids is 1. The molecule has 2 rings (SSSR count). The van der Waals surface area contributed by atoms with Crippen LogP contribution in [0.1, 0.15) is 21.6 Å². The Labute approximate surface area is 115 Å². The summed E-state index contributed by atoms with van der Waals surface area (Å²) in [5.41, 5.74) is 1.23. The molecule has 0 saturated heterocycles. The van der Waals surface area contributed by atoms with Crippen LogP contribution in [0.4, 0.5) is 0 Å². The van der Waals surface area contributed by atoms with Crippen LogP contribution in [0.3, 0.4) is 0 Å². The number of nitrogens with zero attached hydrogens (tertiary/aromatic N) is 3. The summed E-state index contributed by atoms with van der Waals surface area (Å²) in [7, 11) is 0. The van der Waals surface area contributed by atoms with E-state index in [1.54, 1.807) is 24.3 Å². The smallest absolute Gasteiger partial charge is 0.339 e. The van der Waals surface area contributed by atoms with Crippen LogP contribution in [0.5, 0.6) is 5.75 Å². The summed E-state index contributed by atoms with van der Waals surface area (Å²) >= 11 is 0. The number of aromatic carboxylic acids is 1. The third kappa shape index (κ3) is 3.29. The highest BCUT2D eigenvalue weighted by Gasteiger charge is 2.11. The molecule has 0 aliphatic rings. The molecule has 0 unspecified atom stereocenters. The van der Waals surface area contributed by atoms with E-state index in [2.05, 4.69) is 16.0 Å². The lowest BCUT2D eigenvalue weighted by Crippen LogP contribution is -2.08. The van der Waals surface area contributed by atoms with Gasteiger partial charge < -0.3 is 9.84 Å². The van der Waals surface area contributed by atoms with Crippen LogP contribution in [0.15, 0.2) is 36.8 Å². The summed E-state index contributed by atoms with van der Waals surface area (Å²) in [5.74, 6) is -0.504. The minimum Gasteiger partial charge on any atom is -0.487 e. The zero-order chi connectivity index (χ0) is 14.4. The molecule has 1 aromatic carbocycles. The summed E-state index contributed by atoms with van der Waals surface area (Å²) in [6, 6.07) is 9.10. The number of carboxylic acid groups (broad SMARTS) is 1. The SMILES string of the molecule is N#CCc1ccc(OCc2ncncc2C(=O)O)cc1. The Hall–Kier alpha value is -2.94. The van der Waals surface area contributed by atoms with Gasteiger partial charge in [-0.2, -0.15) is 5.26 Å². The maximum atomic E-state index is 11.0. The topological polar surface area (TPSA) is 96.1 Å². The van der Waals surface area contributed by atoms with Gasteiger partial charge >= 0.3 is 5.97 Å². The van der Waals surface area contributed by atoms with Crippen molar-refractivity contribution in [1.82, 2.24) is 9.97 Å². The molecule has 1 aromatic heterocycles. The van der Waals surface area contributed by atoms with Gasteiger partial charge in [0.2, 0.25) is 0 Å². The van der Waals surface area contributed by atoms with E-state index < -0.39 is 5.97 Å². The van der Waals surface area contributed by atoms with E-state index in [0.29, 0.717) is 17.9 Å². The average Bonchev–Trinajstić information content (AvgIpc) is 2.47. The molecule has 0 aliphatic carbocycles. The maximum absolute atomic E-state index is 11.0. The fraction of sp³-hybridized carbons (Fsp3) is 0.143. The van der Waals surface area contributed by atoms with Crippen LogP contribution in [-0.4, -0.2) is 21.0 Å². The second kappa shape index (κ2) is 6.29. The lowest BCUT2D eigenvalue weighted by molar-refractivity contribution is 0.0692. The van der Waals surface area contributed by atoms with E-state index in [4.69, 9.17) is 15.1 Å². The fourth-order valence-electron chi connectivity index (χ4n) is 1.60. The highest BCUT2D eigenvalue weighted by atomic mass is 16.5. The van der Waals surface area contributed by atoms with Crippen molar-refractivity contribution in [1.29, 1.82) is 5.26 Å². The molecule has 0 amide bonds. The molecule has 0 aliphatic heterocycles. The van der Waals surface area contributed by atoms with Crippen molar-refractivity contribution in [2.45, 2.75) is 13.0 Å². The van der Waals surface area contributed by atoms with E-state index in [1.165, 1.54) is 12.5 Å². The largest absolute Gasteiger partial charge is 0.487 e. The Balaban J connectivity index is 2.05. The fourth-order valence-corrected chi connectivity index (χ4v) is 1.60. The molecule has 6 heteroatoms. The molecule has 20 heavy (non-hydrogen) atoms. The van der Waals surface area contributed by atoms with Gasteiger partial charge in [-0.05, 0) is 17.7 Å². The first-order chi connectivity index (χ1) is 9.70. The third-order valence-electron chi connectivity index (χ3n) is 2.61. The predicted octanol–water partition coefficient (Wildman–Crippen LogP) is 1.82. The van der Waals surface area contributed by atoms with Gasteiger partial charge in [0.1, 0.15) is 24.2 Å². The molecule has 0 spiro atoms. The molecule has 6 nitrogen and oxygen atoms in total. The molecular formula is C14H11N3O3.